The number of alkyl halides is 3. The number of hydroxylamine groups is 1. The van der Waals surface area contributed by atoms with Crippen LogP contribution in [-0.4, -0.2) is 50.0 Å². The number of hydrogen-bond acceptors (Lipinski definition) is 8. The van der Waals surface area contributed by atoms with Crippen LogP contribution in [0.25, 0.3) is 22.2 Å². The maximum Gasteiger partial charge on any atom is 0.492 e. The summed E-state index contributed by atoms with van der Waals surface area (Å²) in [5.41, 5.74) is 2.82. The lowest BCUT2D eigenvalue weighted by atomic mass is 10.0. The van der Waals surface area contributed by atoms with Gasteiger partial charge >= 0.3 is 12.1 Å². The zero-order valence-electron chi connectivity index (χ0n) is 25.0. The molecule has 0 bridgehead atoms. The Bertz CT molecular complexity index is 2090. The molecule has 1 fully saturated rings. The van der Waals surface area contributed by atoms with Gasteiger partial charge in [-0.2, -0.15) is 13.2 Å². The van der Waals surface area contributed by atoms with Crippen molar-refractivity contribution in [1.82, 2.24) is 19.2 Å². The number of para-hydroxylation sites is 2. The number of H-pyrrole nitrogens is 1. The van der Waals surface area contributed by atoms with Crippen LogP contribution in [0.5, 0.6) is 0 Å². The Kier molecular flexibility index (Phi) is 9.21. The Hall–Kier alpha value is -4.45. The molecule has 1 amide bonds. The number of halogens is 4. The third-order valence-electron chi connectivity index (χ3n) is 7.76. The fourth-order valence-electron chi connectivity index (χ4n) is 5.34. The molecule has 1 aliphatic rings. The Morgan fingerprint density at radius 3 is 2.16 bits per heavy atom. The molecule has 6 rings (SSSR count). The Balaban J connectivity index is 1.42. The van der Waals surface area contributed by atoms with Crippen LogP contribution >= 0.6 is 22.4 Å². The molecular weight excluding hydrogens is 709 g/mol. The van der Waals surface area contributed by atoms with E-state index in [0.717, 1.165) is 0 Å². The topological polar surface area (TPSA) is 162 Å². The first-order valence-electron chi connectivity index (χ1n) is 14.4. The summed E-state index contributed by atoms with van der Waals surface area (Å²) in [6.07, 6.45) is -6.09. The lowest BCUT2D eigenvalue weighted by molar-refractivity contribution is -0.227. The van der Waals surface area contributed by atoms with Crippen LogP contribution in [0.3, 0.4) is 0 Å². The minimum atomic E-state index is -5.55. The number of aromatic nitrogens is 2. The third-order valence-corrected chi connectivity index (χ3v) is 11.4. The van der Waals surface area contributed by atoms with Gasteiger partial charge in [-0.1, -0.05) is 72.3 Å². The number of sulfonamides is 1. The van der Waals surface area contributed by atoms with Crippen LogP contribution in [0, 0.1) is 0 Å². The van der Waals surface area contributed by atoms with E-state index in [4.69, 9.17) is 11.6 Å². The molecule has 2 heterocycles. The van der Waals surface area contributed by atoms with Crippen LogP contribution in [0.15, 0.2) is 102 Å². The smallest absolute Gasteiger partial charge is 0.344 e. The van der Waals surface area contributed by atoms with Crippen molar-refractivity contribution in [3.05, 3.63) is 119 Å². The van der Waals surface area contributed by atoms with Crippen molar-refractivity contribution < 1.29 is 45.1 Å². The second-order valence-corrected chi connectivity index (χ2v) is 15.3. The summed E-state index contributed by atoms with van der Waals surface area (Å²) < 4.78 is 91.9. The van der Waals surface area contributed by atoms with Crippen molar-refractivity contribution in [3.8, 4) is 11.1 Å². The number of hydrogen-bond donors (Lipinski definition) is 4. The van der Waals surface area contributed by atoms with Crippen LogP contribution < -0.4 is 4.72 Å². The lowest BCUT2D eigenvalue weighted by Crippen LogP contribution is -2.42. The molecule has 1 saturated heterocycles. The Morgan fingerprint density at radius 1 is 0.980 bits per heavy atom. The van der Waals surface area contributed by atoms with Crippen LogP contribution in [-0.2, 0) is 30.9 Å². The highest BCUT2D eigenvalue weighted by atomic mass is 35.5. The van der Waals surface area contributed by atoms with E-state index in [0.29, 0.717) is 38.3 Å². The lowest BCUT2D eigenvalue weighted by Gasteiger charge is -2.33. The van der Waals surface area contributed by atoms with E-state index in [2.05, 4.69) is 19.5 Å². The summed E-state index contributed by atoms with van der Waals surface area (Å²) in [5, 5.41) is -0.460. The number of imidazole rings is 1. The number of nitrogens with one attached hydrogen (secondary N) is 2. The molecule has 1 aromatic heterocycles. The average Bonchev–Trinajstić information content (AvgIpc) is 3.61. The largest absolute Gasteiger partial charge is 0.492 e. The molecule has 11 nitrogen and oxygen atoms in total. The second kappa shape index (κ2) is 13.1. The van der Waals surface area contributed by atoms with Gasteiger partial charge in [0.2, 0.25) is 5.91 Å². The molecule has 4 N–H and O–H groups in total. The highest BCUT2D eigenvalue weighted by molar-refractivity contribution is 8.23. The summed E-state index contributed by atoms with van der Waals surface area (Å²) in [7, 11) is -8.48. The highest BCUT2D eigenvalue weighted by Crippen LogP contribution is 2.56. The first kappa shape index (κ1) is 34.4. The van der Waals surface area contributed by atoms with Gasteiger partial charge in [0, 0.05) is 5.02 Å². The Morgan fingerprint density at radius 2 is 1.59 bits per heavy atom. The van der Waals surface area contributed by atoms with Crippen LogP contribution in [0.4, 0.5) is 13.2 Å². The van der Waals surface area contributed by atoms with Crippen molar-refractivity contribution in [2.75, 3.05) is 0 Å². The molecule has 17 heteroatoms. The molecule has 0 radical (unpaired) electrons. The van der Waals surface area contributed by atoms with Crippen molar-refractivity contribution in [1.29, 1.82) is 0 Å². The number of benzene rings is 4. The zero-order chi connectivity index (χ0) is 35.1. The van der Waals surface area contributed by atoms with Crippen LogP contribution in [0.2, 0.25) is 5.02 Å². The maximum absolute atomic E-state index is 14.2. The van der Waals surface area contributed by atoms with E-state index in [1.807, 2.05) is 0 Å². The quantitative estimate of drug-likeness (QED) is 0.117. The van der Waals surface area contributed by atoms with Crippen molar-refractivity contribution in [2.45, 2.75) is 35.2 Å². The highest BCUT2D eigenvalue weighted by Gasteiger charge is 2.47. The number of amides is 1. The molecular formula is C32H26ClF3N4O7S2. The van der Waals surface area contributed by atoms with E-state index in [-0.39, 0.29) is 23.1 Å². The molecule has 4 aromatic carbocycles. The van der Waals surface area contributed by atoms with Gasteiger partial charge in [0.15, 0.2) is 0 Å². The van der Waals surface area contributed by atoms with E-state index >= 15 is 0 Å². The SMILES string of the molecule is O=C1CC(c2ccc(CC(c3nc4ccccc4[nH]3)N(OC(=O)C(F)(F)F)S(=O)(=O)c3ccc(-c4ccc(Cl)cc4)cc3)cc2)S(O)(O)N1. The van der Waals surface area contributed by atoms with E-state index < -0.39 is 55.0 Å². The monoisotopic (exact) mass is 734 g/mol. The molecule has 0 spiro atoms. The maximum atomic E-state index is 14.2. The number of nitrogens with zero attached hydrogens (tertiary/aromatic N) is 2. The van der Waals surface area contributed by atoms with Gasteiger partial charge in [-0.05, 0) is 69.5 Å². The average molecular weight is 735 g/mol. The molecule has 1 aliphatic heterocycles. The summed E-state index contributed by atoms with van der Waals surface area (Å²) in [5.74, 6) is -3.44. The van der Waals surface area contributed by atoms with Gasteiger partial charge in [-0.25, -0.2) is 18.2 Å². The predicted molar refractivity (Wildman–Crippen MR) is 175 cm³/mol. The van der Waals surface area contributed by atoms with Gasteiger partial charge in [-0.3, -0.25) is 18.6 Å². The minimum Gasteiger partial charge on any atom is -0.344 e. The van der Waals surface area contributed by atoms with Gasteiger partial charge in [0.05, 0.1) is 22.3 Å². The molecule has 0 aliphatic carbocycles. The molecule has 2 atom stereocenters. The molecule has 256 valence electrons. The van der Waals surface area contributed by atoms with Crippen molar-refractivity contribution in [2.24, 2.45) is 0 Å². The van der Waals surface area contributed by atoms with E-state index in [1.54, 1.807) is 48.5 Å². The predicted octanol–water partition coefficient (Wildman–Crippen LogP) is 7.11. The van der Waals surface area contributed by atoms with Crippen molar-refractivity contribution >= 4 is 55.3 Å². The summed E-state index contributed by atoms with van der Waals surface area (Å²) in [4.78, 5) is 35.7. The molecule has 49 heavy (non-hydrogen) atoms. The van der Waals surface area contributed by atoms with Gasteiger partial charge < -0.3 is 9.82 Å². The van der Waals surface area contributed by atoms with E-state index in [9.17, 15) is 40.3 Å². The number of rotatable bonds is 9. The standard InChI is InChI=1S/C32H26ClF3N4O7S2/c33-23-13-9-20(10-14-23)21-11-15-24(16-12-21)49(45,46)40(47-31(42)32(34,35)36)27(30-37-25-3-1-2-4-26(25)38-30)17-19-5-7-22(8-6-19)28-18-29(41)39-48(28,43)44/h1-16,27-28,43-44H,17-18H2,(H,37,38)(H,39,41). The number of aromatic amines is 1. The Labute approximate surface area is 284 Å². The summed E-state index contributed by atoms with van der Waals surface area (Å²) in [6, 6.07) is 22.8. The second-order valence-electron chi connectivity index (χ2n) is 11.1. The van der Waals surface area contributed by atoms with Gasteiger partial charge in [0.1, 0.15) is 17.1 Å². The van der Waals surface area contributed by atoms with Gasteiger partial charge in [0.25, 0.3) is 10.0 Å². The fourth-order valence-corrected chi connectivity index (χ4v) is 8.31. The molecule has 5 aromatic rings. The number of fused-ring (bicyclic) bond motifs is 1. The summed E-state index contributed by atoms with van der Waals surface area (Å²) >= 11 is 5.96. The van der Waals surface area contributed by atoms with Gasteiger partial charge in [-0.15, -0.1) is 10.8 Å². The zero-order valence-corrected chi connectivity index (χ0v) is 27.4. The third kappa shape index (κ3) is 7.29. The number of carbonyl (C=O) groups excluding carboxylic acids is 2. The first-order chi connectivity index (χ1) is 23.1. The van der Waals surface area contributed by atoms with Crippen LogP contribution in [0.1, 0.15) is 34.7 Å². The fraction of sp³-hybridized carbons (Fsp3) is 0.156. The van der Waals surface area contributed by atoms with Crippen molar-refractivity contribution in [3.63, 3.8) is 0 Å². The molecule has 0 saturated carbocycles. The number of carbonyl (C=O) groups is 2. The first-order valence-corrected chi connectivity index (χ1v) is 17.9. The summed E-state index contributed by atoms with van der Waals surface area (Å²) in [6.45, 7) is 0. The minimum absolute atomic E-state index is 0.00191. The molecule has 2 unspecified atom stereocenters. The normalized spacial score (nSPS) is 17.5. The van der Waals surface area contributed by atoms with E-state index in [1.165, 1.54) is 48.5 Å².